The highest BCUT2D eigenvalue weighted by Crippen LogP contribution is 2.51. The highest BCUT2D eigenvalue weighted by atomic mass is 16.5. The molecule has 3 atom stereocenters. The number of rotatable bonds is 5. The second-order valence-electron chi connectivity index (χ2n) is 4.92. The van der Waals surface area contributed by atoms with E-state index in [1.54, 1.807) is 0 Å². The molecular formula is C11H18N4O2. The molecule has 0 amide bonds. The number of hydrogen-bond acceptors (Lipinski definition) is 4. The minimum atomic E-state index is -0.525. The average Bonchev–Trinajstić information content (AvgIpc) is 2.94. The van der Waals surface area contributed by atoms with Crippen molar-refractivity contribution in [2.75, 3.05) is 20.2 Å². The lowest BCUT2D eigenvalue weighted by Gasteiger charge is -2.35. The van der Waals surface area contributed by atoms with Crippen molar-refractivity contribution < 1.29 is 9.53 Å². The fourth-order valence-corrected chi connectivity index (χ4v) is 3.42. The van der Waals surface area contributed by atoms with Gasteiger partial charge in [-0.25, -0.2) is 0 Å². The molecule has 0 aromatic heterocycles. The number of methoxy groups -OCH3 is 1. The number of carbonyl (C=O) groups excluding carboxylic acids is 1. The second kappa shape index (κ2) is 4.94. The Bertz CT molecular complexity index is 353. The second-order valence-corrected chi connectivity index (χ2v) is 4.92. The van der Waals surface area contributed by atoms with Crippen LogP contribution in [0.15, 0.2) is 5.11 Å². The van der Waals surface area contributed by atoms with E-state index < -0.39 is 5.54 Å². The molecule has 0 aliphatic heterocycles. The number of nitrogens with zero attached hydrogens (tertiary/aromatic N) is 3. The van der Waals surface area contributed by atoms with Gasteiger partial charge in [0.2, 0.25) is 0 Å². The fourth-order valence-electron chi connectivity index (χ4n) is 3.42. The molecule has 0 aromatic carbocycles. The van der Waals surface area contributed by atoms with Gasteiger partial charge in [-0.3, -0.25) is 4.79 Å². The topological polar surface area (TPSA) is 87.1 Å². The highest BCUT2D eigenvalue weighted by Gasteiger charge is 2.56. The van der Waals surface area contributed by atoms with E-state index >= 15 is 0 Å². The number of esters is 1. The first-order chi connectivity index (χ1) is 8.23. The van der Waals surface area contributed by atoms with E-state index in [9.17, 15) is 4.79 Å². The number of carbonyl (C=O) groups is 1. The molecule has 2 fully saturated rings. The maximum atomic E-state index is 12.0. The van der Waals surface area contributed by atoms with Crippen molar-refractivity contribution in [1.29, 1.82) is 0 Å². The van der Waals surface area contributed by atoms with E-state index in [4.69, 9.17) is 10.3 Å². The lowest BCUT2D eigenvalue weighted by atomic mass is 9.81. The zero-order valence-electron chi connectivity index (χ0n) is 10.1. The zero-order chi connectivity index (χ0) is 12.3. The summed E-state index contributed by atoms with van der Waals surface area (Å²) in [4.78, 5) is 14.7. The van der Waals surface area contributed by atoms with Crippen LogP contribution in [0.1, 0.15) is 25.7 Å². The Kier molecular flexibility index (Phi) is 3.54. The van der Waals surface area contributed by atoms with E-state index in [0.717, 1.165) is 19.3 Å². The highest BCUT2D eigenvalue weighted by molar-refractivity contribution is 5.82. The van der Waals surface area contributed by atoms with Gasteiger partial charge in [0.05, 0.1) is 7.11 Å². The van der Waals surface area contributed by atoms with E-state index in [0.29, 0.717) is 24.9 Å². The predicted octanol–water partition coefficient (Wildman–Crippen LogP) is 1.62. The Morgan fingerprint density at radius 1 is 1.65 bits per heavy atom. The number of ether oxygens (including phenoxy) is 1. The first kappa shape index (κ1) is 12.2. The molecule has 94 valence electrons. The molecule has 17 heavy (non-hydrogen) atoms. The Morgan fingerprint density at radius 3 is 3.00 bits per heavy atom. The van der Waals surface area contributed by atoms with Crippen molar-refractivity contribution in [3.8, 4) is 0 Å². The van der Waals surface area contributed by atoms with Gasteiger partial charge < -0.3 is 10.1 Å². The quantitative estimate of drug-likeness (QED) is 0.259. The van der Waals surface area contributed by atoms with Gasteiger partial charge in [-0.1, -0.05) is 11.5 Å². The van der Waals surface area contributed by atoms with E-state index in [1.165, 1.54) is 13.5 Å². The largest absolute Gasteiger partial charge is 0.468 e. The SMILES string of the molecule is COC(=O)C1(NCCN=[N+]=[N-])CC2CCC1C2. The molecule has 1 N–H and O–H groups in total. The van der Waals surface area contributed by atoms with Gasteiger partial charge in [0.1, 0.15) is 5.54 Å². The monoisotopic (exact) mass is 238 g/mol. The van der Waals surface area contributed by atoms with E-state index in [-0.39, 0.29) is 5.97 Å². The first-order valence-corrected chi connectivity index (χ1v) is 6.07. The van der Waals surface area contributed by atoms with Crippen molar-refractivity contribution in [2.24, 2.45) is 17.0 Å². The maximum absolute atomic E-state index is 12.0. The zero-order valence-corrected chi connectivity index (χ0v) is 10.1. The molecule has 2 rings (SSSR count). The standard InChI is InChI=1S/C11H18N4O2/c1-17-10(16)11(13-4-5-14-15-12)7-8-2-3-9(11)6-8/h8-9,13H,2-7H2,1H3. The number of fused-ring (bicyclic) bond motifs is 2. The molecule has 6 nitrogen and oxygen atoms in total. The Labute approximate surface area is 100 Å². The van der Waals surface area contributed by atoms with Gasteiger partial charge in [-0.2, -0.15) is 0 Å². The first-order valence-electron chi connectivity index (χ1n) is 6.07. The van der Waals surface area contributed by atoms with Gasteiger partial charge in [0.25, 0.3) is 0 Å². The summed E-state index contributed by atoms with van der Waals surface area (Å²) in [6.07, 6.45) is 4.29. The summed E-state index contributed by atoms with van der Waals surface area (Å²) in [6, 6.07) is 0. The number of hydrogen-bond donors (Lipinski definition) is 1. The van der Waals surface area contributed by atoms with Crippen molar-refractivity contribution in [3.05, 3.63) is 10.4 Å². The lowest BCUT2D eigenvalue weighted by molar-refractivity contribution is -0.151. The van der Waals surface area contributed by atoms with Crippen LogP contribution in [-0.2, 0) is 9.53 Å². The van der Waals surface area contributed by atoms with Crippen molar-refractivity contribution in [3.63, 3.8) is 0 Å². The van der Waals surface area contributed by atoms with Crippen molar-refractivity contribution in [1.82, 2.24) is 5.32 Å². The predicted molar refractivity (Wildman–Crippen MR) is 62.2 cm³/mol. The molecule has 2 aliphatic carbocycles. The van der Waals surface area contributed by atoms with Crippen LogP contribution in [0.3, 0.4) is 0 Å². The summed E-state index contributed by atoms with van der Waals surface area (Å²) in [5, 5.41) is 6.75. The molecule has 0 aromatic rings. The summed E-state index contributed by atoms with van der Waals surface area (Å²) in [7, 11) is 1.44. The third-order valence-electron chi connectivity index (χ3n) is 4.11. The van der Waals surface area contributed by atoms with Gasteiger partial charge >= 0.3 is 5.97 Å². The van der Waals surface area contributed by atoms with Crippen LogP contribution in [0.25, 0.3) is 10.4 Å². The van der Waals surface area contributed by atoms with Gasteiger partial charge in [-0.15, -0.1) is 0 Å². The van der Waals surface area contributed by atoms with Gasteiger partial charge in [0.15, 0.2) is 0 Å². The third kappa shape index (κ3) is 2.10. The minimum absolute atomic E-state index is 0.161. The van der Waals surface area contributed by atoms with Crippen molar-refractivity contribution >= 4 is 5.97 Å². The molecule has 0 radical (unpaired) electrons. The average molecular weight is 238 g/mol. The minimum Gasteiger partial charge on any atom is -0.468 e. The van der Waals surface area contributed by atoms with Crippen LogP contribution in [0.2, 0.25) is 0 Å². The normalized spacial score (nSPS) is 34.4. The smallest absolute Gasteiger partial charge is 0.326 e. The maximum Gasteiger partial charge on any atom is 0.326 e. The summed E-state index contributed by atoms with van der Waals surface area (Å²) in [5.41, 5.74) is 7.70. The Balaban J connectivity index is 2.03. The van der Waals surface area contributed by atoms with E-state index in [2.05, 4.69) is 15.3 Å². The van der Waals surface area contributed by atoms with Crippen LogP contribution < -0.4 is 5.32 Å². The van der Waals surface area contributed by atoms with Crippen LogP contribution in [0.5, 0.6) is 0 Å². The van der Waals surface area contributed by atoms with Crippen LogP contribution in [0.4, 0.5) is 0 Å². The molecule has 3 unspecified atom stereocenters. The van der Waals surface area contributed by atoms with Crippen LogP contribution >= 0.6 is 0 Å². The molecule has 2 bridgehead atoms. The number of nitrogens with one attached hydrogen (secondary N) is 1. The molecule has 0 saturated heterocycles. The Hall–Kier alpha value is -1.26. The molecule has 2 aliphatic rings. The molecule has 2 saturated carbocycles. The summed E-state index contributed by atoms with van der Waals surface area (Å²) in [5.74, 6) is 0.864. The van der Waals surface area contributed by atoms with Gasteiger partial charge in [0, 0.05) is 18.0 Å². The Morgan fingerprint density at radius 2 is 2.47 bits per heavy atom. The number of azide groups is 1. The van der Waals surface area contributed by atoms with Crippen molar-refractivity contribution in [2.45, 2.75) is 31.2 Å². The molecule has 0 spiro atoms. The molecular weight excluding hydrogens is 220 g/mol. The molecule has 6 heteroatoms. The summed E-state index contributed by atoms with van der Waals surface area (Å²) < 4.78 is 4.94. The molecule has 0 heterocycles. The summed E-state index contributed by atoms with van der Waals surface area (Å²) >= 11 is 0. The third-order valence-corrected chi connectivity index (χ3v) is 4.11. The fraction of sp³-hybridized carbons (Fsp3) is 0.909. The van der Waals surface area contributed by atoms with Crippen LogP contribution in [-0.4, -0.2) is 31.7 Å². The van der Waals surface area contributed by atoms with Crippen LogP contribution in [0, 0.1) is 11.8 Å². The summed E-state index contributed by atoms with van der Waals surface area (Å²) in [6.45, 7) is 0.898. The van der Waals surface area contributed by atoms with Gasteiger partial charge in [-0.05, 0) is 36.6 Å². The van der Waals surface area contributed by atoms with E-state index in [1.807, 2.05) is 0 Å². The lowest BCUT2D eigenvalue weighted by Crippen LogP contribution is -2.57.